The van der Waals surface area contributed by atoms with Crippen LogP contribution in [0.4, 0.5) is 0 Å². The smallest absolute Gasteiger partial charge is 0.206 e. The average Bonchev–Trinajstić information content (AvgIpc) is 3.34. The Bertz CT molecular complexity index is 3350. The molecule has 0 N–H and O–H groups in total. The molecule has 0 saturated carbocycles. The van der Waals surface area contributed by atoms with Gasteiger partial charge in [-0.1, -0.05) is 93.9 Å². The third kappa shape index (κ3) is 10.1. The second kappa shape index (κ2) is 19.3. The van der Waals surface area contributed by atoms with Gasteiger partial charge in [0.25, 0.3) is 0 Å². The van der Waals surface area contributed by atoms with E-state index in [2.05, 4.69) is 95.3 Å². The molecule has 0 aliphatic heterocycles. The summed E-state index contributed by atoms with van der Waals surface area (Å²) in [5.74, 6) is 4.23. The van der Waals surface area contributed by atoms with Gasteiger partial charge in [-0.2, -0.15) is 0 Å². The van der Waals surface area contributed by atoms with E-state index < -0.39 is 25.1 Å². The maximum absolute atomic E-state index is 13.7. The Morgan fingerprint density at radius 3 is 0.900 bits per heavy atom. The Balaban J connectivity index is 0.909. The van der Waals surface area contributed by atoms with E-state index in [9.17, 15) is 16.8 Å². The fourth-order valence-electron chi connectivity index (χ4n) is 8.65. The van der Waals surface area contributed by atoms with Crippen molar-refractivity contribution in [1.29, 1.82) is 0 Å². The van der Waals surface area contributed by atoms with E-state index >= 15 is 0 Å². The summed E-state index contributed by atoms with van der Waals surface area (Å²) in [5.41, 5.74) is 9.01. The highest BCUT2D eigenvalue weighted by Crippen LogP contribution is 2.41. The highest BCUT2D eigenvalue weighted by molar-refractivity contribution is 7.91. The first-order valence-electron chi connectivity index (χ1n) is 23.1. The van der Waals surface area contributed by atoms with Crippen molar-refractivity contribution < 1.29 is 35.8 Å². The minimum absolute atomic E-state index is 0.155. The molecule has 0 atom stereocenters. The van der Waals surface area contributed by atoms with Gasteiger partial charge in [0.15, 0.2) is 0 Å². The van der Waals surface area contributed by atoms with Gasteiger partial charge in [0, 0.05) is 10.8 Å². The van der Waals surface area contributed by atoms with Crippen LogP contribution in [-0.2, 0) is 30.5 Å². The molecular weight excluding hydrogens is 913 g/mol. The third-order valence-corrected chi connectivity index (χ3v) is 16.7. The van der Waals surface area contributed by atoms with Gasteiger partial charge in [-0.25, -0.2) is 16.8 Å². The number of hydrogen-bond acceptors (Lipinski definition) is 8. The highest BCUT2D eigenvalue weighted by atomic mass is 32.2. The molecule has 358 valence electrons. The molecule has 0 aromatic heterocycles. The summed E-state index contributed by atoms with van der Waals surface area (Å²) < 4.78 is 78.0. The molecule has 0 spiro atoms. The molecule has 10 heteroatoms. The van der Waals surface area contributed by atoms with Crippen LogP contribution in [0.5, 0.6) is 40.2 Å². The quantitative estimate of drug-likeness (QED) is 0.100. The number of rotatable bonds is 15. The maximum atomic E-state index is 13.7. The summed E-state index contributed by atoms with van der Waals surface area (Å²) in [5, 5.41) is 0. The lowest BCUT2D eigenvalue weighted by Crippen LogP contribution is -2.20. The molecule has 0 bridgehead atoms. The second-order valence-electron chi connectivity index (χ2n) is 18.9. The van der Waals surface area contributed by atoms with Crippen LogP contribution >= 0.6 is 0 Å². The van der Waals surface area contributed by atoms with Crippen LogP contribution in [0, 0.1) is 34.6 Å². The van der Waals surface area contributed by atoms with Gasteiger partial charge in [-0.05, 0) is 188 Å². The first kappa shape index (κ1) is 49.3. The summed E-state index contributed by atoms with van der Waals surface area (Å²) in [6.07, 6.45) is 0. The zero-order valence-electron chi connectivity index (χ0n) is 41.2. The van der Waals surface area contributed by atoms with Crippen molar-refractivity contribution in [2.24, 2.45) is 0 Å². The van der Waals surface area contributed by atoms with Crippen LogP contribution in [0.15, 0.2) is 189 Å². The second-order valence-corrected chi connectivity index (χ2v) is 22.8. The van der Waals surface area contributed by atoms with Crippen molar-refractivity contribution in [3.63, 3.8) is 0 Å². The fourth-order valence-corrected chi connectivity index (χ4v) is 11.2. The van der Waals surface area contributed by atoms with E-state index in [1.807, 2.05) is 39.8 Å². The van der Waals surface area contributed by atoms with Crippen molar-refractivity contribution in [1.82, 2.24) is 0 Å². The molecular formula is C60H58O8S2. The highest BCUT2D eigenvalue weighted by Gasteiger charge is 2.28. The number of methoxy groups -OCH3 is 1. The van der Waals surface area contributed by atoms with Crippen LogP contribution < -0.4 is 18.9 Å². The average molecular weight is 971 g/mol. The maximum Gasteiger partial charge on any atom is 0.206 e. The van der Waals surface area contributed by atoms with Crippen LogP contribution in [0.25, 0.3) is 0 Å². The number of aryl methyl sites for hydroxylation is 5. The Hall–Kier alpha value is -7.14. The summed E-state index contributed by atoms with van der Waals surface area (Å²) in [6.45, 7) is 18.9. The lowest BCUT2D eigenvalue weighted by Gasteiger charge is -2.29. The van der Waals surface area contributed by atoms with E-state index in [0.29, 0.717) is 40.2 Å². The third-order valence-electron chi connectivity index (χ3n) is 13.2. The normalized spacial score (nSPS) is 12.1. The molecule has 0 heterocycles. The molecule has 70 heavy (non-hydrogen) atoms. The summed E-state index contributed by atoms with van der Waals surface area (Å²) in [7, 11) is -6.00. The Morgan fingerprint density at radius 1 is 0.329 bits per heavy atom. The minimum atomic E-state index is -3.82. The Kier molecular flexibility index (Phi) is 13.6. The van der Waals surface area contributed by atoms with E-state index in [0.717, 1.165) is 38.9 Å². The van der Waals surface area contributed by atoms with Gasteiger partial charge < -0.3 is 18.9 Å². The topological polar surface area (TPSA) is 105 Å². The first-order chi connectivity index (χ1) is 33.2. The van der Waals surface area contributed by atoms with E-state index in [4.69, 9.17) is 18.9 Å². The largest absolute Gasteiger partial charge is 0.497 e. The number of ether oxygens (including phenoxy) is 4. The van der Waals surface area contributed by atoms with Crippen LogP contribution in [0.2, 0.25) is 0 Å². The molecule has 0 amide bonds. The first-order valence-corrected chi connectivity index (χ1v) is 26.0. The number of benzene rings is 8. The van der Waals surface area contributed by atoms with Crippen LogP contribution in [-0.4, -0.2) is 23.9 Å². The van der Waals surface area contributed by atoms with Gasteiger partial charge in [0.2, 0.25) is 19.7 Å². The standard InChI is InChI=1S/C60H58O8S2/c1-39-11-13-44(14-12-39)59(6,7)45-15-17-49(18-16-45)66-50-21-29-54(30-22-50)70(63,64)56-33-25-52(26-34-56)68-58-42(4)37-47(38-43(58)5)60(8,9)46-35-40(2)57(41(3)36-46)67-51-23-31-55(32-24-51)69(61,62)53-27-19-48(65-10)20-28-53/h11-38H,1-10H3. The predicted octanol–water partition coefficient (Wildman–Crippen LogP) is 14.9. The fraction of sp³-hybridized carbons (Fsp3) is 0.200. The molecule has 0 aliphatic rings. The number of hydrogen-bond donors (Lipinski definition) is 0. The van der Waals surface area contributed by atoms with Gasteiger partial charge in [-0.3, -0.25) is 0 Å². The van der Waals surface area contributed by atoms with Crippen molar-refractivity contribution in [2.45, 2.75) is 92.7 Å². The monoisotopic (exact) mass is 970 g/mol. The molecule has 8 nitrogen and oxygen atoms in total. The Labute approximate surface area is 413 Å². The van der Waals surface area contributed by atoms with Gasteiger partial charge >= 0.3 is 0 Å². The van der Waals surface area contributed by atoms with Crippen LogP contribution in [0.1, 0.15) is 77.8 Å². The van der Waals surface area contributed by atoms with E-state index in [-0.39, 0.29) is 25.0 Å². The van der Waals surface area contributed by atoms with Gasteiger partial charge in [0.1, 0.15) is 40.2 Å². The summed E-state index contributed by atoms with van der Waals surface area (Å²) in [4.78, 5) is 0.667. The molecule has 8 rings (SSSR count). The van der Waals surface area contributed by atoms with Crippen molar-refractivity contribution in [3.05, 3.63) is 220 Å². The lowest BCUT2D eigenvalue weighted by atomic mass is 9.76. The molecule has 0 radical (unpaired) electrons. The zero-order valence-corrected chi connectivity index (χ0v) is 42.9. The van der Waals surface area contributed by atoms with Gasteiger partial charge in [-0.15, -0.1) is 0 Å². The van der Waals surface area contributed by atoms with Crippen molar-refractivity contribution >= 4 is 19.7 Å². The van der Waals surface area contributed by atoms with Crippen molar-refractivity contribution in [2.75, 3.05) is 7.11 Å². The summed E-state index contributed by atoms with van der Waals surface area (Å²) in [6, 6.07) is 50.8. The van der Waals surface area contributed by atoms with E-state index in [1.54, 1.807) is 84.9 Å². The summed E-state index contributed by atoms with van der Waals surface area (Å²) >= 11 is 0. The SMILES string of the molecule is COc1ccc(S(=O)(=O)c2ccc(Oc3c(C)cc(C(C)(C)c4cc(C)c(Oc5ccc(S(=O)(=O)c6ccc(Oc7ccc(C(C)(C)c8ccc(C)cc8)cc7)cc6)cc5)c(C)c4)cc3C)cc2)cc1. The minimum Gasteiger partial charge on any atom is -0.497 e. The molecule has 0 unspecified atom stereocenters. The lowest BCUT2D eigenvalue weighted by molar-refractivity contribution is 0.414. The zero-order chi connectivity index (χ0) is 50.2. The van der Waals surface area contributed by atoms with Crippen LogP contribution in [0.3, 0.4) is 0 Å². The molecule has 0 saturated heterocycles. The predicted molar refractivity (Wildman–Crippen MR) is 277 cm³/mol. The van der Waals surface area contributed by atoms with Crippen molar-refractivity contribution in [3.8, 4) is 40.2 Å². The molecule has 0 aliphatic carbocycles. The van der Waals surface area contributed by atoms with E-state index in [1.165, 1.54) is 30.4 Å². The Morgan fingerprint density at radius 2 is 0.586 bits per heavy atom. The van der Waals surface area contributed by atoms with Gasteiger partial charge in [0.05, 0.1) is 26.7 Å². The number of sulfone groups is 2. The molecule has 0 fully saturated rings. The molecule has 8 aromatic rings. The molecule has 8 aromatic carbocycles.